The molecule has 0 aliphatic carbocycles. The number of hydrogen-bond acceptors (Lipinski definition) is 3. The van der Waals surface area contributed by atoms with Crippen molar-refractivity contribution in [2.45, 2.75) is 19.3 Å². The van der Waals surface area contributed by atoms with Crippen molar-refractivity contribution in [1.82, 2.24) is 5.01 Å². The van der Waals surface area contributed by atoms with Gasteiger partial charge in [0.25, 0.3) is 0 Å². The third-order valence-electron chi connectivity index (χ3n) is 1.51. The summed E-state index contributed by atoms with van der Waals surface area (Å²) in [6.45, 7) is 1.57. The topological polar surface area (TPSA) is 49.7 Å². The van der Waals surface area contributed by atoms with Crippen molar-refractivity contribution in [3.8, 4) is 0 Å². The molecule has 1 rings (SSSR count). The maximum absolute atomic E-state index is 10.1. The van der Waals surface area contributed by atoms with E-state index in [1.807, 2.05) is 0 Å². The number of nitrogens with zero attached hydrogens (tertiary/aromatic N) is 2. The second kappa shape index (κ2) is 3.68. The van der Waals surface area contributed by atoms with Gasteiger partial charge in [-0.25, -0.2) is 0 Å². The smallest absolute Gasteiger partial charge is 0.185 e. The number of rotatable bonds is 1. The van der Waals surface area contributed by atoms with E-state index in [1.165, 1.54) is 6.42 Å². The molecule has 0 bridgehead atoms. The summed E-state index contributed by atoms with van der Waals surface area (Å²) in [7, 11) is -2.26. The molecular weight excluding hydrogens is 152 g/mol. The lowest BCUT2D eigenvalue weighted by Crippen LogP contribution is -2.23. The van der Waals surface area contributed by atoms with Gasteiger partial charge in [0.15, 0.2) is 0 Å². The first-order valence-electron chi connectivity index (χ1n) is 3.35. The highest BCUT2D eigenvalue weighted by Gasteiger charge is 2.07. The molecule has 1 fully saturated rings. The van der Waals surface area contributed by atoms with Crippen molar-refractivity contribution in [3.63, 3.8) is 0 Å². The lowest BCUT2D eigenvalue weighted by atomic mass is 10.2. The fraction of sp³-hybridized carbons (Fsp3) is 1.00. The first-order chi connectivity index (χ1) is 4.79. The van der Waals surface area contributed by atoms with E-state index in [1.54, 1.807) is 5.01 Å². The Morgan fingerprint density at radius 1 is 1.10 bits per heavy atom. The first-order valence-corrected chi connectivity index (χ1v) is 4.38. The van der Waals surface area contributed by atoms with Crippen LogP contribution in [0.1, 0.15) is 19.3 Å². The van der Waals surface area contributed by atoms with Crippen molar-refractivity contribution in [1.29, 1.82) is 0 Å². The van der Waals surface area contributed by atoms with Gasteiger partial charge >= 0.3 is 10.5 Å². The highest BCUT2D eigenvalue weighted by molar-refractivity contribution is 7.61. The van der Waals surface area contributed by atoms with Crippen LogP contribution in [0.15, 0.2) is 4.47 Å². The Labute approximate surface area is 61.5 Å². The van der Waals surface area contributed by atoms with Crippen LogP contribution in [0.3, 0.4) is 0 Å². The van der Waals surface area contributed by atoms with Crippen molar-refractivity contribution in [2.75, 3.05) is 13.1 Å². The van der Waals surface area contributed by atoms with Crippen LogP contribution < -0.4 is 0 Å². The molecule has 0 unspecified atom stereocenters. The standard InChI is InChI=1S/C5H10N2O2S/c8-10(9)6-7-4-2-1-3-5-7/h1-5H2. The summed E-state index contributed by atoms with van der Waals surface area (Å²) in [5.41, 5.74) is 0. The Bertz CT molecular complexity index is 208. The van der Waals surface area contributed by atoms with E-state index in [2.05, 4.69) is 4.47 Å². The molecule has 4 nitrogen and oxygen atoms in total. The average molecular weight is 162 g/mol. The molecule has 1 heterocycles. The van der Waals surface area contributed by atoms with Gasteiger partial charge in [0, 0.05) is 13.1 Å². The fourth-order valence-corrected chi connectivity index (χ4v) is 1.41. The van der Waals surface area contributed by atoms with Gasteiger partial charge in [0.2, 0.25) is 0 Å². The summed E-state index contributed by atoms with van der Waals surface area (Å²) in [5, 5.41) is 1.60. The molecule has 0 N–H and O–H groups in total. The molecule has 1 aliphatic heterocycles. The van der Waals surface area contributed by atoms with Gasteiger partial charge in [-0.05, 0) is 12.8 Å². The predicted molar refractivity (Wildman–Crippen MR) is 36.8 cm³/mol. The normalized spacial score (nSPS) is 20.4. The lowest BCUT2D eigenvalue weighted by Gasteiger charge is -2.18. The Kier molecular flexibility index (Phi) is 2.82. The molecule has 10 heavy (non-hydrogen) atoms. The molecule has 5 heteroatoms. The summed E-state index contributed by atoms with van der Waals surface area (Å²) >= 11 is 0. The van der Waals surface area contributed by atoms with E-state index in [0.29, 0.717) is 0 Å². The Morgan fingerprint density at radius 3 is 2.20 bits per heavy atom. The Balaban J connectivity index is 2.48. The minimum absolute atomic E-state index is 0.786. The zero-order valence-electron chi connectivity index (χ0n) is 5.65. The molecule has 1 saturated heterocycles. The molecule has 0 spiro atoms. The SMILES string of the molecule is O=S(=O)=NN1CCCCC1. The van der Waals surface area contributed by atoms with E-state index >= 15 is 0 Å². The van der Waals surface area contributed by atoms with Crippen molar-refractivity contribution < 1.29 is 8.42 Å². The predicted octanol–water partition coefficient (Wildman–Crippen LogP) is 0.450. The summed E-state index contributed by atoms with van der Waals surface area (Å²) < 4.78 is 23.5. The fourth-order valence-electron chi connectivity index (χ4n) is 1.05. The molecule has 1 aliphatic rings. The van der Waals surface area contributed by atoms with E-state index < -0.39 is 10.5 Å². The van der Waals surface area contributed by atoms with Gasteiger partial charge in [0.05, 0.1) is 0 Å². The van der Waals surface area contributed by atoms with Gasteiger partial charge in [-0.1, -0.05) is 10.9 Å². The van der Waals surface area contributed by atoms with Crippen LogP contribution in [-0.2, 0) is 10.5 Å². The van der Waals surface area contributed by atoms with Crippen LogP contribution in [0.25, 0.3) is 0 Å². The minimum atomic E-state index is -2.26. The minimum Gasteiger partial charge on any atom is -0.185 e. The van der Waals surface area contributed by atoms with Crippen molar-refractivity contribution in [2.24, 2.45) is 4.47 Å². The Hall–Kier alpha value is -0.420. The van der Waals surface area contributed by atoms with Gasteiger partial charge < -0.3 is 0 Å². The zero-order valence-corrected chi connectivity index (χ0v) is 6.47. The van der Waals surface area contributed by atoms with Crippen LogP contribution >= 0.6 is 0 Å². The molecule has 58 valence electrons. The van der Waals surface area contributed by atoms with Crippen LogP contribution in [0.2, 0.25) is 0 Å². The molecule has 0 saturated carbocycles. The highest BCUT2D eigenvalue weighted by Crippen LogP contribution is 2.07. The molecule has 0 amide bonds. The molecule has 0 aromatic heterocycles. The number of hydrogen-bond donors (Lipinski definition) is 0. The van der Waals surface area contributed by atoms with Crippen LogP contribution in [0, 0.1) is 0 Å². The third kappa shape index (κ3) is 2.45. The number of piperidine rings is 1. The maximum Gasteiger partial charge on any atom is 0.328 e. The van der Waals surface area contributed by atoms with Crippen molar-refractivity contribution >= 4 is 10.5 Å². The van der Waals surface area contributed by atoms with Crippen LogP contribution in [-0.4, -0.2) is 26.5 Å². The monoisotopic (exact) mass is 162 g/mol. The third-order valence-corrected chi connectivity index (χ3v) is 1.88. The summed E-state index contributed by atoms with van der Waals surface area (Å²) in [5.74, 6) is 0. The molecule has 0 radical (unpaired) electrons. The van der Waals surface area contributed by atoms with Gasteiger partial charge in [-0.15, -0.1) is 0 Å². The molecule has 0 aromatic rings. The summed E-state index contributed by atoms with van der Waals surface area (Å²) in [4.78, 5) is 0. The van der Waals surface area contributed by atoms with E-state index in [9.17, 15) is 8.42 Å². The molecule has 0 aromatic carbocycles. The highest BCUT2D eigenvalue weighted by atomic mass is 32.2. The molecule has 0 atom stereocenters. The lowest BCUT2D eigenvalue weighted by molar-refractivity contribution is 0.242. The second-order valence-electron chi connectivity index (χ2n) is 2.31. The van der Waals surface area contributed by atoms with Crippen LogP contribution in [0.5, 0.6) is 0 Å². The summed E-state index contributed by atoms with van der Waals surface area (Å²) in [6.07, 6.45) is 3.30. The van der Waals surface area contributed by atoms with Gasteiger partial charge in [0.1, 0.15) is 0 Å². The van der Waals surface area contributed by atoms with Crippen LogP contribution in [0.4, 0.5) is 0 Å². The van der Waals surface area contributed by atoms with E-state index in [-0.39, 0.29) is 0 Å². The first kappa shape index (κ1) is 7.68. The van der Waals surface area contributed by atoms with Crippen molar-refractivity contribution in [3.05, 3.63) is 0 Å². The molecular formula is C5H10N2O2S. The van der Waals surface area contributed by atoms with Gasteiger partial charge in [-0.2, -0.15) is 13.4 Å². The second-order valence-corrected chi connectivity index (χ2v) is 2.91. The average Bonchev–Trinajstić information content (AvgIpc) is 1.88. The maximum atomic E-state index is 10.1. The summed E-state index contributed by atoms with van der Waals surface area (Å²) in [6, 6.07) is 0. The van der Waals surface area contributed by atoms with E-state index in [4.69, 9.17) is 0 Å². The largest absolute Gasteiger partial charge is 0.328 e. The Morgan fingerprint density at radius 2 is 1.70 bits per heavy atom. The van der Waals surface area contributed by atoms with E-state index in [0.717, 1.165) is 25.9 Å². The van der Waals surface area contributed by atoms with Gasteiger partial charge in [-0.3, -0.25) is 0 Å². The quantitative estimate of drug-likeness (QED) is 0.562. The zero-order chi connectivity index (χ0) is 7.40.